The number of carbonyl (C=O) groups excluding carboxylic acids is 1. The van der Waals surface area contributed by atoms with Crippen LogP contribution in [0.4, 0.5) is 0 Å². The van der Waals surface area contributed by atoms with Crippen LogP contribution in [0.15, 0.2) is 11.6 Å². The molecule has 0 bridgehead atoms. The third-order valence-corrected chi connectivity index (χ3v) is 2.90. The summed E-state index contributed by atoms with van der Waals surface area (Å²) in [7, 11) is 0. The van der Waals surface area contributed by atoms with Gasteiger partial charge in [-0.1, -0.05) is 6.08 Å². The summed E-state index contributed by atoms with van der Waals surface area (Å²) in [4.78, 5) is 11.0. The van der Waals surface area contributed by atoms with Crippen LogP contribution in [0.1, 0.15) is 32.1 Å². The van der Waals surface area contributed by atoms with E-state index in [-0.39, 0.29) is 5.41 Å². The molecule has 2 aliphatic rings. The maximum atomic E-state index is 11.0. The van der Waals surface area contributed by atoms with E-state index in [1.165, 1.54) is 5.57 Å². The SMILES string of the molecule is N#CC1(C2=CC2)CCC(=O)CC1. The highest BCUT2D eigenvalue weighted by molar-refractivity contribution is 5.79. The first kappa shape index (κ1) is 7.54. The number of hydrogen-bond acceptors (Lipinski definition) is 2. The molecule has 0 N–H and O–H groups in total. The van der Waals surface area contributed by atoms with E-state index in [1.54, 1.807) is 0 Å². The average Bonchev–Trinajstić information content (AvgIpc) is 2.90. The number of allylic oxidation sites excluding steroid dienone is 2. The minimum Gasteiger partial charge on any atom is -0.300 e. The van der Waals surface area contributed by atoms with Gasteiger partial charge < -0.3 is 0 Å². The van der Waals surface area contributed by atoms with Gasteiger partial charge in [0.15, 0.2) is 0 Å². The zero-order valence-electron chi connectivity index (χ0n) is 6.97. The van der Waals surface area contributed by atoms with Gasteiger partial charge in [-0.25, -0.2) is 0 Å². The van der Waals surface area contributed by atoms with Gasteiger partial charge in [0, 0.05) is 12.8 Å². The van der Waals surface area contributed by atoms with Crippen LogP contribution in [-0.2, 0) is 4.79 Å². The Hall–Kier alpha value is -1.10. The van der Waals surface area contributed by atoms with Crippen molar-refractivity contribution in [2.45, 2.75) is 32.1 Å². The molecule has 1 saturated carbocycles. The lowest BCUT2D eigenvalue weighted by molar-refractivity contribution is -0.121. The lowest BCUT2D eigenvalue weighted by atomic mass is 9.73. The number of hydrogen-bond donors (Lipinski definition) is 0. The minimum atomic E-state index is -0.242. The first-order valence-corrected chi connectivity index (χ1v) is 4.39. The van der Waals surface area contributed by atoms with Crippen molar-refractivity contribution in [1.29, 1.82) is 5.26 Å². The van der Waals surface area contributed by atoms with E-state index >= 15 is 0 Å². The fraction of sp³-hybridized carbons (Fsp3) is 0.600. The van der Waals surface area contributed by atoms with Crippen LogP contribution in [0.3, 0.4) is 0 Å². The van der Waals surface area contributed by atoms with Crippen molar-refractivity contribution >= 4 is 5.78 Å². The van der Waals surface area contributed by atoms with Gasteiger partial charge in [0.2, 0.25) is 0 Å². The Kier molecular flexibility index (Phi) is 1.54. The maximum Gasteiger partial charge on any atom is 0.133 e. The van der Waals surface area contributed by atoms with Crippen LogP contribution in [0, 0.1) is 16.7 Å². The molecule has 0 aliphatic heterocycles. The topological polar surface area (TPSA) is 40.9 Å². The Morgan fingerprint density at radius 1 is 1.42 bits per heavy atom. The normalized spacial score (nSPS) is 25.9. The molecule has 0 aromatic rings. The van der Waals surface area contributed by atoms with Crippen molar-refractivity contribution in [2.75, 3.05) is 0 Å². The molecule has 0 radical (unpaired) electrons. The molecule has 2 nitrogen and oxygen atoms in total. The molecule has 0 atom stereocenters. The van der Waals surface area contributed by atoms with Crippen LogP contribution in [0.2, 0.25) is 0 Å². The van der Waals surface area contributed by atoms with Crippen LogP contribution < -0.4 is 0 Å². The van der Waals surface area contributed by atoms with Crippen molar-refractivity contribution < 1.29 is 4.79 Å². The molecule has 12 heavy (non-hydrogen) atoms. The summed E-state index contributed by atoms with van der Waals surface area (Å²) in [5, 5.41) is 9.04. The monoisotopic (exact) mass is 161 g/mol. The Morgan fingerprint density at radius 2 is 2.00 bits per heavy atom. The first-order chi connectivity index (χ1) is 5.77. The fourth-order valence-corrected chi connectivity index (χ4v) is 1.90. The third-order valence-electron chi connectivity index (χ3n) is 2.90. The fourth-order valence-electron chi connectivity index (χ4n) is 1.90. The molecule has 0 unspecified atom stereocenters. The minimum absolute atomic E-state index is 0.242. The number of nitriles is 1. The van der Waals surface area contributed by atoms with Crippen molar-refractivity contribution in [1.82, 2.24) is 0 Å². The molecule has 0 heterocycles. The van der Waals surface area contributed by atoms with E-state index in [2.05, 4.69) is 12.1 Å². The lowest BCUT2D eigenvalue weighted by Gasteiger charge is -2.27. The maximum absolute atomic E-state index is 11.0. The molecule has 2 heteroatoms. The third kappa shape index (κ3) is 1.06. The summed E-state index contributed by atoms with van der Waals surface area (Å²) in [6.45, 7) is 0. The lowest BCUT2D eigenvalue weighted by Crippen LogP contribution is -2.25. The van der Waals surface area contributed by atoms with E-state index in [9.17, 15) is 4.79 Å². The van der Waals surface area contributed by atoms with Crippen molar-refractivity contribution in [2.24, 2.45) is 5.41 Å². The van der Waals surface area contributed by atoms with E-state index < -0.39 is 0 Å². The van der Waals surface area contributed by atoms with Crippen LogP contribution >= 0.6 is 0 Å². The summed E-state index contributed by atoms with van der Waals surface area (Å²) in [5.41, 5.74) is 1.03. The Morgan fingerprint density at radius 3 is 2.42 bits per heavy atom. The molecule has 0 aromatic heterocycles. The summed E-state index contributed by atoms with van der Waals surface area (Å²) in [6.07, 6.45) is 5.83. The smallest absolute Gasteiger partial charge is 0.133 e. The molecule has 0 spiro atoms. The molecule has 62 valence electrons. The summed E-state index contributed by atoms with van der Waals surface area (Å²) in [5.74, 6) is 0.321. The highest BCUT2D eigenvalue weighted by Crippen LogP contribution is 2.47. The van der Waals surface area contributed by atoms with Gasteiger partial charge in [0.05, 0.1) is 11.5 Å². The predicted octanol–water partition coefficient (Wildman–Crippen LogP) is 1.97. The van der Waals surface area contributed by atoms with E-state index in [1.807, 2.05) is 0 Å². The molecule has 1 fully saturated rings. The molecule has 0 amide bonds. The Balaban J connectivity index is 2.15. The molecule has 2 aliphatic carbocycles. The summed E-state index contributed by atoms with van der Waals surface area (Å²) in [6, 6.07) is 2.38. The molecular weight excluding hydrogens is 150 g/mol. The molecule has 0 aromatic carbocycles. The second-order valence-corrected chi connectivity index (χ2v) is 3.67. The molecular formula is C10H11NO. The van der Waals surface area contributed by atoms with Crippen LogP contribution in [0.5, 0.6) is 0 Å². The van der Waals surface area contributed by atoms with Crippen molar-refractivity contribution in [3.8, 4) is 6.07 Å². The Bertz CT molecular complexity index is 285. The van der Waals surface area contributed by atoms with Gasteiger partial charge >= 0.3 is 0 Å². The Labute approximate surface area is 71.9 Å². The number of ketones is 1. The zero-order chi connectivity index (χ0) is 8.60. The van der Waals surface area contributed by atoms with Crippen LogP contribution in [-0.4, -0.2) is 5.78 Å². The second kappa shape index (κ2) is 2.45. The number of Topliss-reactive ketones (excluding diaryl/α,β-unsaturated/α-hetero) is 1. The average molecular weight is 161 g/mol. The van der Waals surface area contributed by atoms with Gasteiger partial charge in [-0.3, -0.25) is 4.79 Å². The number of carbonyl (C=O) groups is 1. The summed E-state index contributed by atoms with van der Waals surface area (Å²) < 4.78 is 0. The van der Waals surface area contributed by atoms with Crippen molar-refractivity contribution in [3.05, 3.63) is 11.6 Å². The second-order valence-electron chi connectivity index (χ2n) is 3.67. The van der Waals surface area contributed by atoms with E-state index in [4.69, 9.17) is 5.26 Å². The zero-order valence-corrected chi connectivity index (χ0v) is 6.97. The molecule has 2 rings (SSSR count). The standard InChI is InChI=1S/C10H11NO/c11-7-10(8-1-2-8)5-3-9(12)4-6-10/h1H,2-6H2. The van der Waals surface area contributed by atoms with Gasteiger partial charge in [0.1, 0.15) is 5.78 Å². The number of rotatable bonds is 1. The number of nitrogens with zero attached hydrogens (tertiary/aromatic N) is 1. The quantitative estimate of drug-likeness (QED) is 0.551. The van der Waals surface area contributed by atoms with E-state index in [0.717, 1.165) is 19.3 Å². The molecule has 0 saturated heterocycles. The summed E-state index contributed by atoms with van der Waals surface area (Å²) >= 11 is 0. The highest BCUT2D eigenvalue weighted by atomic mass is 16.1. The van der Waals surface area contributed by atoms with Gasteiger partial charge in [0.25, 0.3) is 0 Å². The highest BCUT2D eigenvalue weighted by Gasteiger charge is 2.40. The predicted molar refractivity (Wildman–Crippen MR) is 44.2 cm³/mol. The van der Waals surface area contributed by atoms with E-state index in [0.29, 0.717) is 18.6 Å². The van der Waals surface area contributed by atoms with Crippen LogP contribution in [0.25, 0.3) is 0 Å². The van der Waals surface area contributed by atoms with Gasteiger partial charge in [-0.15, -0.1) is 0 Å². The van der Waals surface area contributed by atoms with Gasteiger partial charge in [-0.2, -0.15) is 5.26 Å². The van der Waals surface area contributed by atoms with Gasteiger partial charge in [-0.05, 0) is 24.8 Å². The largest absolute Gasteiger partial charge is 0.300 e. The first-order valence-electron chi connectivity index (χ1n) is 4.39. The van der Waals surface area contributed by atoms with Crippen molar-refractivity contribution in [3.63, 3.8) is 0 Å².